The fourth-order valence-corrected chi connectivity index (χ4v) is 1.92. The molecule has 6 nitrogen and oxygen atoms in total. The highest BCUT2D eigenvalue weighted by atomic mass is 16.5. The maximum Gasteiger partial charge on any atom is 0.328 e. The van der Waals surface area contributed by atoms with Gasteiger partial charge in [-0.1, -0.05) is 0 Å². The second-order valence-corrected chi connectivity index (χ2v) is 4.17. The van der Waals surface area contributed by atoms with Crippen LogP contribution in [0.3, 0.4) is 0 Å². The lowest BCUT2D eigenvalue weighted by molar-refractivity contribution is -0.152. The summed E-state index contributed by atoms with van der Waals surface area (Å²) in [6, 6.07) is -0.658. The van der Waals surface area contributed by atoms with Crippen molar-refractivity contribution in [3.05, 3.63) is 0 Å². The Morgan fingerprint density at radius 3 is 2.35 bits per heavy atom. The zero-order valence-electron chi connectivity index (χ0n) is 10.5. The number of esters is 1. The van der Waals surface area contributed by atoms with Crippen molar-refractivity contribution < 1.29 is 19.1 Å². The van der Waals surface area contributed by atoms with Crippen LogP contribution in [0, 0.1) is 0 Å². The molecular weight excluding hydrogens is 224 g/mol. The third-order valence-corrected chi connectivity index (χ3v) is 3.12. The molecule has 1 saturated heterocycles. The summed E-state index contributed by atoms with van der Waals surface area (Å²) in [5, 5.41) is 5.79. The van der Waals surface area contributed by atoms with Crippen LogP contribution in [-0.4, -0.2) is 50.8 Å². The number of piperidine rings is 1. The Hall–Kier alpha value is -1.14. The molecule has 0 bridgehead atoms. The van der Waals surface area contributed by atoms with E-state index in [0.717, 1.165) is 13.1 Å². The summed E-state index contributed by atoms with van der Waals surface area (Å²) in [4.78, 5) is 23.3. The summed E-state index contributed by atoms with van der Waals surface area (Å²) < 4.78 is 9.91. The molecule has 0 radical (unpaired) electrons. The molecule has 1 amide bonds. The van der Waals surface area contributed by atoms with E-state index < -0.39 is 17.6 Å². The van der Waals surface area contributed by atoms with Crippen LogP contribution in [0.15, 0.2) is 0 Å². The van der Waals surface area contributed by atoms with Gasteiger partial charge in [0.2, 0.25) is 0 Å². The van der Waals surface area contributed by atoms with Crippen LogP contribution >= 0.6 is 0 Å². The number of hydrogen-bond donors (Lipinski definition) is 2. The Labute approximate surface area is 101 Å². The van der Waals surface area contributed by atoms with Crippen LogP contribution in [0.25, 0.3) is 0 Å². The second-order valence-electron chi connectivity index (χ2n) is 4.17. The molecule has 0 aromatic rings. The van der Waals surface area contributed by atoms with Crippen LogP contribution in [0.5, 0.6) is 0 Å². The lowest BCUT2D eigenvalue weighted by atomic mass is 9.91. The standard InChI is InChI=1S/C11H20N2O4/c1-8(9(14)16-2)13-10(15)11(17-3)4-6-12-7-5-11/h8,12H,4-7H2,1-3H3,(H,13,15)/t8-/m0/s1. The lowest BCUT2D eigenvalue weighted by Gasteiger charge is -2.35. The van der Waals surface area contributed by atoms with E-state index in [-0.39, 0.29) is 5.91 Å². The highest BCUT2D eigenvalue weighted by Crippen LogP contribution is 2.22. The Morgan fingerprint density at radius 2 is 1.88 bits per heavy atom. The normalized spacial score (nSPS) is 20.4. The molecular formula is C11H20N2O4. The Balaban J connectivity index is 2.63. The first-order valence-electron chi connectivity index (χ1n) is 5.70. The summed E-state index contributed by atoms with van der Waals surface area (Å²) in [6.45, 7) is 3.05. The number of carbonyl (C=O) groups excluding carboxylic acids is 2. The minimum Gasteiger partial charge on any atom is -0.467 e. The molecule has 1 fully saturated rings. The first kappa shape index (κ1) is 13.9. The van der Waals surface area contributed by atoms with Crippen molar-refractivity contribution in [2.45, 2.75) is 31.4 Å². The topological polar surface area (TPSA) is 76.7 Å². The number of hydrogen-bond acceptors (Lipinski definition) is 5. The molecule has 6 heteroatoms. The van der Waals surface area contributed by atoms with Crippen LogP contribution < -0.4 is 10.6 Å². The molecule has 1 aliphatic heterocycles. The molecule has 0 aromatic heterocycles. The van der Waals surface area contributed by atoms with Crippen molar-refractivity contribution in [2.75, 3.05) is 27.3 Å². The highest BCUT2D eigenvalue weighted by molar-refractivity contribution is 5.89. The van der Waals surface area contributed by atoms with Crippen molar-refractivity contribution in [3.8, 4) is 0 Å². The number of amides is 1. The second kappa shape index (κ2) is 5.97. The smallest absolute Gasteiger partial charge is 0.328 e. The summed E-state index contributed by atoms with van der Waals surface area (Å²) >= 11 is 0. The van der Waals surface area contributed by atoms with Gasteiger partial charge in [-0.15, -0.1) is 0 Å². The van der Waals surface area contributed by atoms with Gasteiger partial charge in [-0.25, -0.2) is 4.79 Å². The fourth-order valence-electron chi connectivity index (χ4n) is 1.92. The van der Waals surface area contributed by atoms with E-state index in [1.165, 1.54) is 14.2 Å². The zero-order valence-corrected chi connectivity index (χ0v) is 10.5. The number of methoxy groups -OCH3 is 2. The predicted octanol–water partition coefficient (Wildman–Crippen LogP) is -0.567. The molecule has 0 aliphatic carbocycles. The van der Waals surface area contributed by atoms with Crippen molar-refractivity contribution in [1.29, 1.82) is 0 Å². The lowest BCUT2D eigenvalue weighted by Crippen LogP contribution is -2.56. The van der Waals surface area contributed by atoms with Gasteiger partial charge >= 0.3 is 5.97 Å². The zero-order chi connectivity index (χ0) is 12.9. The molecule has 1 rings (SSSR count). The van der Waals surface area contributed by atoms with Gasteiger partial charge in [0.25, 0.3) is 5.91 Å². The minimum atomic E-state index is -0.826. The maximum atomic E-state index is 12.1. The van der Waals surface area contributed by atoms with Gasteiger partial charge in [0, 0.05) is 7.11 Å². The number of carbonyl (C=O) groups is 2. The van der Waals surface area contributed by atoms with Gasteiger partial charge < -0.3 is 20.1 Å². The Morgan fingerprint density at radius 1 is 1.29 bits per heavy atom. The van der Waals surface area contributed by atoms with Crippen LogP contribution in [0.4, 0.5) is 0 Å². The van der Waals surface area contributed by atoms with E-state index >= 15 is 0 Å². The van der Waals surface area contributed by atoms with Crippen LogP contribution in [0.2, 0.25) is 0 Å². The summed E-state index contributed by atoms with van der Waals surface area (Å²) in [5.41, 5.74) is -0.826. The monoisotopic (exact) mass is 244 g/mol. The van der Waals surface area contributed by atoms with E-state index in [2.05, 4.69) is 15.4 Å². The first-order valence-corrected chi connectivity index (χ1v) is 5.70. The molecule has 0 unspecified atom stereocenters. The van der Waals surface area contributed by atoms with Crippen molar-refractivity contribution >= 4 is 11.9 Å². The van der Waals surface area contributed by atoms with Crippen molar-refractivity contribution in [2.24, 2.45) is 0 Å². The van der Waals surface area contributed by atoms with E-state index in [1.807, 2.05) is 0 Å². The van der Waals surface area contributed by atoms with Gasteiger partial charge in [-0.3, -0.25) is 4.79 Å². The quantitative estimate of drug-likeness (QED) is 0.648. The predicted molar refractivity (Wildman–Crippen MR) is 61.5 cm³/mol. The molecule has 2 N–H and O–H groups in total. The van der Waals surface area contributed by atoms with Gasteiger partial charge in [0.15, 0.2) is 0 Å². The number of ether oxygens (including phenoxy) is 2. The van der Waals surface area contributed by atoms with E-state index in [0.29, 0.717) is 12.8 Å². The maximum absolute atomic E-state index is 12.1. The average molecular weight is 244 g/mol. The fraction of sp³-hybridized carbons (Fsp3) is 0.818. The largest absolute Gasteiger partial charge is 0.467 e. The molecule has 17 heavy (non-hydrogen) atoms. The molecule has 1 heterocycles. The molecule has 1 atom stereocenters. The number of rotatable bonds is 4. The van der Waals surface area contributed by atoms with Crippen molar-refractivity contribution in [3.63, 3.8) is 0 Å². The highest BCUT2D eigenvalue weighted by Gasteiger charge is 2.40. The van der Waals surface area contributed by atoms with Crippen molar-refractivity contribution in [1.82, 2.24) is 10.6 Å². The van der Waals surface area contributed by atoms with E-state index in [9.17, 15) is 9.59 Å². The van der Waals surface area contributed by atoms with Crippen LogP contribution in [0.1, 0.15) is 19.8 Å². The van der Waals surface area contributed by atoms with Gasteiger partial charge in [-0.2, -0.15) is 0 Å². The third kappa shape index (κ3) is 3.17. The summed E-state index contributed by atoms with van der Waals surface area (Å²) in [5.74, 6) is -0.710. The van der Waals surface area contributed by atoms with Gasteiger partial charge in [0.1, 0.15) is 11.6 Å². The summed E-state index contributed by atoms with van der Waals surface area (Å²) in [6.07, 6.45) is 1.20. The molecule has 0 saturated carbocycles. The number of nitrogens with one attached hydrogen (secondary N) is 2. The molecule has 0 aromatic carbocycles. The minimum absolute atomic E-state index is 0.251. The Kier molecular flexibility index (Phi) is 4.89. The summed E-state index contributed by atoms with van der Waals surface area (Å²) in [7, 11) is 2.81. The first-order chi connectivity index (χ1) is 8.05. The molecule has 98 valence electrons. The Bertz CT molecular complexity index is 287. The molecule has 1 aliphatic rings. The van der Waals surface area contributed by atoms with Crippen LogP contribution in [-0.2, 0) is 19.1 Å². The molecule has 0 spiro atoms. The average Bonchev–Trinajstić information content (AvgIpc) is 2.38. The third-order valence-electron chi connectivity index (χ3n) is 3.12. The van der Waals surface area contributed by atoms with Gasteiger partial charge in [-0.05, 0) is 32.9 Å². The van der Waals surface area contributed by atoms with E-state index in [1.54, 1.807) is 6.92 Å². The van der Waals surface area contributed by atoms with E-state index in [4.69, 9.17) is 4.74 Å². The van der Waals surface area contributed by atoms with Gasteiger partial charge in [0.05, 0.1) is 7.11 Å². The SMILES string of the molecule is COC(=O)[C@H](C)NC(=O)C1(OC)CCNCC1.